The standard InChI is InChI=1S/C13H9ClO3/c14-10-4-2-1-3-9(10)5-6-12-13(16)11(15)7-8-17-12/h1-8,16H. The molecule has 86 valence electrons. The molecule has 0 aliphatic heterocycles. The first-order valence-electron chi connectivity index (χ1n) is 4.92. The van der Waals surface area contributed by atoms with Crippen LogP contribution in [0.3, 0.4) is 0 Å². The molecular formula is C13H9ClO3. The van der Waals surface area contributed by atoms with Crippen LogP contribution in [0.4, 0.5) is 0 Å². The summed E-state index contributed by atoms with van der Waals surface area (Å²) < 4.78 is 5.02. The Morgan fingerprint density at radius 3 is 2.71 bits per heavy atom. The van der Waals surface area contributed by atoms with Crippen LogP contribution < -0.4 is 5.43 Å². The minimum Gasteiger partial charge on any atom is -0.502 e. The van der Waals surface area contributed by atoms with Crippen LogP contribution >= 0.6 is 11.6 Å². The van der Waals surface area contributed by atoms with Crippen molar-refractivity contribution in [1.82, 2.24) is 0 Å². The van der Waals surface area contributed by atoms with E-state index in [9.17, 15) is 9.90 Å². The van der Waals surface area contributed by atoms with Crippen LogP contribution in [0.15, 0.2) is 45.8 Å². The van der Waals surface area contributed by atoms with Crippen molar-refractivity contribution in [2.75, 3.05) is 0 Å². The third-order valence-corrected chi connectivity index (χ3v) is 2.54. The second kappa shape index (κ2) is 4.89. The summed E-state index contributed by atoms with van der Waals surface area (Å²) in [4.78, 5) is 11.1. The topological polar surface area (TPSA) is 50.4 Å². The van der Waals surface area contributed by atoms with Gasteiger partial charge in [0.05, 0.1) is 6.26 Å². The molecule has 1 heterocycles. The van der Waals surface area contributed by atoms with Crippen LogP contribution in [0, 0.1) is 0 Å². The summed E-state index contributed by atoms with van der Waals surface area (Å²) in [5.41, 5.74) is 0.301. The van der Waals surface area contributed by atoms with Gasteiger partial charge in [-0.1, -0.05) is 29.8 Å². The first-order valence-corrected chi connectivity index (χ1v) is 5.29. The number of benzene rings is 1. The van der Waals surface area contributed by atoms with Crippen molar-refractivity contribution in [3.05, 3.63) is 63.2 Å². The highest BCUT2D eigenvalue weighted by atomic mass is 35.5. The molecule has 0 saturated heterocycles. The van der Waals surface area contributed by atoms with Gasteiger partial charge in [0.1, 0.15) is 0 Å². The molecule has 0 saturated carbocycles. The van der Waals surface area contributed by atoms with Crippen molar-refractivity contribution >= 4 is 23.8 Å². The number of rotatable bonds is 2. The Morgan fingerprint density at radius 2 is 1.94 bits per heavy atom. The summed E-state index contributed by atoms with van der Waals surface area (Å²) in [6, 6.07) is 8.38. The van der Waals surface area contributed by atoms with E-state index in [1.807, 2.05) is 18.2 Å². The maximum Gasteiger partial charge on any atom is 0.227 e. The van der Waals surface area contributed by atoms with E-state index < -0.39 is 11.2 Å². The first-order chi connectivity index (χ1) is 8.18. The number of aromatic hydroxyl groups is 1. The highest BCUT2D eigenvalue weighted by molar-refractivity contribution is 6.32. The molecule has 0 atom stereocenters. The molecule has 0 aliphatic carbocycles. The van der Waals surface area contributed by atoms with Gasteiger partial charge in [-0.2, -0.15) is 0 Å². The monoisotopic (exact) mass is 248 g/mol. The zero-order valence-corrected chi connectivity index (χ0v) is 9.52. The highest BCUT2D eigenvalue weighted by Crippen LogP contribution is 2.19. The molecule has 0 amide bonds. The summed E-state index contributed by atoms with van der Waals surface area (Å²) in [6.45, 7) is 0. The fourth-order valence-corrected chi connectivity index (χ4v) is 1.52. The highest BCUT2D eigenvalue weighted by Gasteiger charge is 2.03. The minimum absolute atomic E-state index is 0.109. The van der Waals surface area contributed by atoms with Gasteiger partial charge in [0.25, 0.3) is 0 Å². The van der Waals surface area contributed by atoms with Crippen LogP contribution in [0.2, 0.25) is 5.02 Å². The normalized spacial score (nSPS) is 10.9. The SMILES string of the molecule is O=c1ccoc(C=Cc2ccccc2Cl)c1O. The Balaban J connectivity index is 2.36. The van der Waals surface area contributed by atoms with Crippen LogP contribution in [-0.4, -0.2) is 5.11 Å². The van der Waals surface area contributed by atoms with E-state index in [1.165, 1.54) is 12.3 Å². The van der Waals surface area contributed by atoms with Crippen LogP contribution in [0.1, 0.15) is 11.3 Å². The predicted octanol–water partition coefficient (Wildman–Crippen LogP) is 3.17. The third kappa shape index (κ3) is 2.57. The van der Waals surface area contributed by atoms with E-state index in [4.69, 9.17) is 16.0 Å². The Bertz CT molecular complexity index is 614. The predicted molar refractivity (Wildman–Crippen MR) is 67.0 cm³/mol. The van der Waals surface area contributed by atoms with E-state index in [-0.39, 0.29) is 5.76 Å². The van der Waals surface area contributed by atoms with Crippen molar-refractivity contribution in [2.24, 2.45) is 0 Å². The summed E-state index contributed by atoms with van der Waals surface area (Å²) >= 11 is 5.96. The smallest absolute Gasteiger partial charge is 0.227 e. The second-order valence-electron chi connectivity index (χ2n) is 3.35. The Morgan fingerprint density at radius 1 is 1.18 bits per heavy atom. The molecule has 0 unspecified atom stereocenters. The first kappa shape index (κ1) is 11.5. The Kier molecular flexibility index (Phi) is 3.30. The third-order valence-electron chi connectivity index (χ3n) is 2.20. The average Bonchev–Trinajstić information content (AvgIpc) is 2.33. The van der Waals surface area contributed by atoms with E-state index in [1.54, 1.807) is 12.1 Å². The van der Waals surface area contributed by atoms with Crippen molar-refractivity contribution in [3.8, 4) is 5.75 Å². The molecule has 17 heavy (non-hydrogen) atoms. The van der Waals surface area contributed by atoms with E-state index in [2.05, 4.69) is 0 Å². The van der Waals surface area contributed by atoms with E-state index >= 15 is 0 Å². The lowest BCUT2D eigenvalue weighted by Crippen LogP contribution is -1.97. The molecule has 0 radical (unpaired) electrons. The van der Waals surface area contributed by atoms with Crippen LogP contribution in [0.5, 0.6) is 5.75 Å². The number of hydrogen-bond donors (Lipinski definition) is 1. The van der Waals surface area contributed by atoms with Gasteiger partial charge in [0, 0.05) is 11.1 Å². The molecule has 1 aromatic heterocycles. The van der Waals surface area contributed by atoms with Gasteiger partial charge in [0.15, 0.2) is 5.76 Å². The molecule has 1 aromatic carbocycles. The van der Waals surface area contributed by atoms with E-state index in [0.29, 0.717) is 5.02 Å². The van der Waals surface area contributed by atoms with Crippen LogP contribution in [0.25, 0.3) is 12.2 Å². The summed E-state index contributed by atoms with van der Waals surface area (Å²) in [7, 11) is 0. The van der Waals surface area contributed by atoms with Crippen molar-refractivity contribution < 1.29 is 9.52 Å². The van der Waals surface area contributed by atoms with E-state index in [0.717, 1.165) is 11.6 Å². The molecule has 0 fully saturated rings. The Labute approximate surface area is 103 Å². The lowest BCUT2D eigenvalue weighted by molar-refractivity contribution is 0.424. The van der Waals surface area contributed by atoms with Gasteiger partial charge in [-0.15, -0.1) is 0 Å². The zero-order valence-electron chi connectivity index (χ0n) is 8.76. The number of hydrogen-bond acceptors (Lipinski definition) is 3. The molecule has 0 bridgehead atoms. The molecule has 0 spiro atoms. The van der Waals surface area contributed by atoms with Gasteiger partial charge in [-0.05, 0) is 23.8 Å². The maximum absolute atomic E-state index is 11.1. The second-order valence-corrected chi connectivity index (χ2v) is 3.76. The number of halogens is 1. The maximum atomic E-state index is 11.1. The van der Waals surface area contributed by atoms with Crippen molar-refractivity contribution in [3.63, 3.8) is 0 Å². The molecule has 1 N–H and O–H groups in total. The largest absolute Gasteiger partial charge is 0.502 e. The molecule has 4 heteroatoms. The van der Waals surface area contributed by atoms with Gasteiger partial charge in [-0.3, -0.25) is 4.79 Å². The molecule has 2 rings (SSSR count). The quantitative estimate of drug-likeness (QED) is 0.888. The lowest BCUT2D eigenvalue weighted by atomic mass is 10.2. The summed E-state index contributed by atoms with van der Waals surface area (Å²) in [5, 5.41) is 10.0. The summed E-state index contributed by atoms with van der Waals surface area (Å²) in [5.74, 6) is -0.298. The van der Waals surface area contributed by atoms with Crippen LogP contribution in [-0.2, 0) is 0 Å². The van der Waals surface area contributed by atoms with Gasteiger partial charge < -0.3 is 9.52 Å². The molecular weight excluding hydrogens is 240 g/mol. The van der Waals surface area contributed by atoms with Gasteiger partial charge >= 0.3 is 0 Å². The lowest BCUT2D eigenvalue weighted by Gasteiger charge is -1.98. The summed E-state index contributed by atoms with van der Waals surface area (Å²) in [6.07, 6.45) is 4.40. The average molecular weight is 249 g/mol. The molecule has 3 nitrogen and oxygen atoms in total. The van der Waals surface area contributed by atoms with Gasteiger partial charge in [0.2, 0.25) is 11.2 Å². The van der Waals surface area contributed by atoms with Crippen molar-refractivity contribution in [1.29, 1.82) is 0 Å². The van der Waals surface area contributed by atoms with Crippen molar-refractivity contribution in [2.45, 2.75) is 0 Å². The van der Waals surface area contributed by atoms with Gasteiger partial charge in [-0.25, -0.2) is 0 Å². The minimum atomic E-state index is -0.477. The fourth-order valence-electron chi connectivity index (χ4n) is 1.32. The Hall–Kier alpha value is -2.00. The zero-order chi connectivity index (χ0) is 12.3. The molecule has 2 aromatic rings. The molecule has 0 aliphatic rings. The fraction of sp³-hybridized carbons (Fsp3) is 0.